The average Bonchev–Trinajstić information content (AvgIpc) is 2.77. The van der Waals surface area contributed by atoms with E-state index >= 15 is 0 Å². The molecule has 3 aromatic heterocycles. The molecule has 0 saturated heterocycles. The molecule has 3 heterocycles. The van der Waals surface area contributed by atoms with E-state index in [0.717, 1.165) is 29.5 Å². The lowest BCUT2D eigenvalue weighted by molar-refractivity contribution is 0.509. The van der Waals surface area contributed by atoms with Gasteiger partial charge in [0.25, 0.3) is 5.56 Å². The normalized spacial score (nSPS) is 18.6. The first-order valence-electron chi connectivity index (χ1n) is 6.63. The molecular formula is C14H12ClN3OS. The summed E-state index contributed by atoms with van der Waals surface area (Å²) >= 11 is 7.53. The lowest BCUT2D eigenvalue weighted by Crippen LogP contribution is -2.19. The number of thiophene rings is 1. The fourth-order valence-electron chi connectivity index (χ4n) is 2.87. The Morgan fingerprint density at radius 1 is 1.45 bits per heavy atom. The molecule has 1 aliphatic carbocycles. The van der Waals surface area contributed by atoms with Crippen molar-refractivity contribution in [1.82, 2.24) is 14.6 Å². The molecule has 0 radical (unpaired) electrons. The molecule has 6 heteroatoms. The van der Waals surface area contributed by atoms with Gasteiger partial charge in [-0.3, -0.25) is 4.79 Å². The highest BCUT2D eigenvalue weighted by atomic mass is 35.5. The molecule has 3 aromatic rings. The molecule has 1 unspecified atom stereocenters. The molecule has 20 heavy (non-hydrogen) atoms. The monoisotopic (exact) mass is 305 g/mol. The third-order valence-electron chi connectivity index (χ3n) is 3.90. The van der Waals surface area contributed by atoms with E-state index < -0.39 is 0 Å². The van der Waals surface area contributed by atoms with Crippen molar-refractivity contribution in [2.45, 2.75) is 26.2 Å². The Hall–Kier alpha value is -1.46. The summed E-state index contributed by atoms with van der Waals surface area (Å²) in [7, 11) is 0. The van der Waals surface area contributed by atoms with Gasteiger partial charge in [-0.2, -0.15) is 9.61 Å². The number of fused-ring (bicyclic) bond motifs is 4. The van der Waals surface area contributed by atoms with Crippen molar-refractivity contribution in [2.75, 3.05) is 0 Å². The van der Waals surface area contributed by atoms with Gasteiger partial charge < -0.3 is 0 Å². The summed E-state index contributed by atoms with van der Waals surface area (Å²) in [6.07, 6.45) is 3.13. The van der Waals surface area contributed by atoms with Gasteiger partial charge in [0.05, 0.1) is 5.39 Å². The van der Waals surface area contributed by atoms with Crippen LogP contribution in [0, 0.1) is 5.92 Å². The first kappa shape index (κ1) is 12.3. The molecule has 0 fully saturated rings. The Kier molecular flexibility index (Phi) is 2.62. The number of aryl methyl sites for hydroxylation is 1. The second-order valence-electron chi connectivity index (χ2n) is 5.37. The van der Waals surface area contributed by atoms with Gasteiger partial charge in [0.1, 0.15) is 9.98 Å². The summed E-state index contributed by atoms with van der Waals surface area (Å²) in [6.45, 7) is 2.26. The first-order valence-corrected chi connectivity index (χ1v) is 7.83. The molecule has 0 amide bonds. The average molecular weight is 306 g/mol. The maximum atomic E-state index is 12.7. The number of hydrogen-bond acceptors (Lipinski definition) is 4. The summed E-state index contributed by atoms with van der Waals surface area (Å²) < 4.78 is 1.32. The zero-order valence-corrected chi connectivity index (χ0v) is 12.5. The van der Waals surface area contributed by atoms with Crippen LogP contribution in [0.3, 0.4) is 0 Å². The molecule has 0 aliphatic heterocycles. The van der Waals surface area contributed by atoms with Crippen molar-refractivity contribution in [1.29, 1.82) is 0 Å². The molecule has 4 nitrogen and oxygen atoms in total. The van der Waals surface area contributed by atoms with Gasteiger partial charge >= 0.3 is 0 Å². The van der Waals surface area contributed by atoms with Crippen LogP contribution in [0.2, 0.25) is 5.15 Å². The predicted octanol–water partition coefficient (Wildman–Crippen LogP) is 3.08. The van der Waals surface area contributed by atoms with E-state index in [9.17, 15) is 4.79 Å². The summed E-state index contributed by atoms with van der Waals surface area (Å²) in [5.74, 6) is 0.681. The number of nitrogens with zero attached hydrogens (tertiary/aromatic N) is 3. The highest BCUT2D eigenvalue weighted by Gasteiger charge is 2.23. The molecule has 0 bridgehead atoms. The molecular weight excluding hydrogens is 294 g/mol. The van der Waals surface area contributed by atoms with Crippen molar-refractivity contribution in [3.8, 4) is 0 Å². The van der Waals surface area contributed by atoms with Gasteiger partial charge in [-0.05, 0) is 42.9 Å². The van der Waals surface area contributed by atoms with E-state index in [4.69, 9.17) is 11.6 Å². The maximum Gasteiger partial charge on any atom is 0.283 e. The number of halogens is 1. The minimum atomic E-state index is -0.0976. The highest BCUT2D eigenvalue weighted by molar-refractivity contribution is 7.18. The second-order valence-corrected chi connectivity index (χ2v) is 6.85. The molecule has 1 aliphatic rings. The topological polar surface area (TPSA) is 47.3 Å². The zero-order chi connectivity index (χ0) is 13.9. The molecule has 0 N–H and O–H groups in total. The van der Waals surface area contributed by atoms with Gasteiger partial charge in [-0.25, -0.2) is 4.98 Å². The Labute approximate surface area is 124 Å². The molecule has 4 rings (SSSR count). The third-order valence-corrected chi connectivity index (χ3v) is 5.25. The second kappa shape index (κ2) is 4.27. The Morgan fingerprint density at radius 3 is 3.15 bits per heavy atom. The van der Waals surface area contributed by atoms with Crippen LogP contribution in [-0.2, 0) is 12.8 Å². The summed E-state index contributed by atoms with van der Waals surface area (Å²) in [4.78, 5) is 19.4. The van der Waals surface area contributed by atoms with Crippen molar-refractivity contribution >= 4 is 38.8 Å². The van der Waals surface area contributed by atoms with E-state index in [1.807, 2.05) is 0 Å². The minimum Gasteiger partial charge on any atom is -0.267 e. The van der Waals surface area contributed by atoms with E-state index in [0.29, 0.717) is 16.7 Å². The van der Waals surface area contributed by atoms with Crippen LogP contribution >= 0.6 is 22.9 Å². The van der Waals surface area contributed by atoms with Crippen LogP contribution in [0.4, 0.5) is 0 Å². The molecule has 102 valence electrons. The largest absolute Gasteiger partial charge is 0.283 e. The van der Waals surface area contributed by atoms with Gasteiger partial charge in [0.15, 0.2) is 5.65 Å². The van der Waals surface area contributed by atoms with Crippen molar-refractivity contribution in [2.24, 2.45) is 5.92 Å². The fourth-order valence-corrected chi connectivity index (χ4v) is 4.39. The van der Waals surface area contributed by atoms with E-state index in [1.165, 1.54) is 15.0 Å². The minimum absolute atomic E-state index is 0.0976. The highest BCUT2D eigenvalue weighted by Crippen LogP contribution is 2.35. The standard InChI is InChI=1S/C14H12ClN3OS/c1-7-2-3-8-9(6-7)20-13-12(8)14(19)18-11(16-13)5-4-10(15)17-18/h4-5,7H,2-3,6H2,1H3. The molecule has 0 spiro atoms. The maximum absolute atomic E-state index is 12.7. The van der Waals surface area contributed by atoms with Crippen molar-refractivity contribution < 1.29 is 0 Å². The Morgan fingerprint density at radius 2 is 2.30 bits per heavy atom. The predicted molar refractivity (Wildman–Crippen MR) is 80.8 cm³/mol. The van der Waals surface area contributed by atoms with Crippen LogP contribution in [0.15, 0.2) is 16.9 Å². The smallest absolute Gasteiger partial charge is 0.267 e. The van der Waals surface area contributed by atoms with Crippen LogP contribution in [-0.4, -0.2) is 14.6 Å². The number of hydrogen-bond donors (Lipinski definition) is 0. The van der Waals surface area contributed by atoms with Crippen LogP contribution < -0.4 is 5.56 Å². The lowest BCUT2D eigenvalue weighted by atomic mass is 9.89. The van der Waals surface area contributed by atoms with Crippen LogP contribution in [0.5, 0.6) is 0 Å². The third kappa shape index (κ3) is 1.70. The van der Waals surface area contributed by atoms with Crippen LogP contribution in [0.25, 0.3) is 15.9 Å². The van der Waals surface area contributed by atoms with Gasteiger partial charge in [-0.1, -0.05) is 18.5 Å². The molecule has 1 atom stereocenters. The summed E-state index contributed by atoms with van der Waals surface area (Å²) in [5, 5.41) is 5.12. The van der Waals surface area contributed by atoms with Crippen molar-refractivity contribution in [3.63, 3.8) is 0 Å². The van der Waals surface area contributed by atoms with Crippen LogP contribution in [0.1, 0.15) is 23.8 Å². The van der Waals surface area contributed by atoms with Gasteiger partial charge in [0.2, 0.25) is 0 Å². The summed E-state index contributed by atoms with van der Waals surface area (Å²) in [5.41, 5.74) is 1.63. The van der Waals surface area contributed by atoms with E-state index in [1.54, 1.807) is 23.5 Å². The molecule has 0 saturated carbocycles. The number of aromatic nitrogens is 3. The van der Waals surface area contributed by atoms with Gasteiger partial charge in [-0.15, -0.1) is 11.3 Å². The molecule has 0 aromatic carbocycles. The SMILES string of the molecule is CC1CCc2c(sc3nc4ccc(Cl)nn4c(=O)c23)C1. The fraction of sp³-hybridized carbons (Fsp3) is 0.357. The van der Waals surface area contributed by atoms with E-state index in [-0.39, 0.29) is 5.56 Å². The van der Waals surface area contributed by atoms with Gasteiger partial charge in [0, 0.05) is 4.88 Å². The number of rotatable bonds is 0. The first-order chi connectivity index (χ1) is 9.63. The zero-order valence-electron chi connectivity index (χ0n) is 10.9. The summed E-state index contributed by atoms with van der Waals surface area (Å²) in [6, 6.07) is 3.39. The Bertz CT molecular complexity index is 899. The quantitative estimate of drug-likeness (QED) is 0.641. The lowest BCUT2D eigenvalue weighted by Gasteiger charge is -2.17. The van der Waals surface area contributed by atoms with E-state index in [2.05, 4.69) is 17.0 Å². The van der Waals surface area contributed by atoms with Crippen molar-refractivity contribution in [3.05, 3.63) is 38.1 Å². The Balaban J connectivity index is 2.13.